The van der Waals surface area contributed by atoms with Gasteiger partial charge in [0.1, 0.15) is 6.04 Å². The van der Waals surface area contributed by atoms with Gasteiger partial charge in [0.25, 0.3) is 0 Å². The van der Waals surface area contributed by atoms with Crippen LogP contribution in [0.3, 0.4) is 0 Å². The molecule has 1 fully saturated rings. The minimum absolute atomic E-state index is 0.0797. The number of aryl methyl sites for hydroxylation is 1. The Kier molecular flexibility index (Phi) is 11.5. The number of amides is 2. The van der Waals surface area contributed by atoms with Gasteiger partial charge in [-0.1, -0.05) is 73.7 Å². The van der Waals surface area contributed by atoms with E-state index in [9.17, 15) is 18.0 Å². The maximum Gasteiger partial charge on any atom is 0.243 e. The highest BCUT2D eigenvalue weighted by Crippen LogP contribution is 2.26. The fourth-order valence-electron chi connectivity index (χ4n) is 5.12. The quantitative estimate of drug-likeness (QED) is 0.321. The summed E-state index contributed by atoms with van der Waals surface area (Å²) < 4.78 is 26.5. The van der Waals surface area contributed by atoms with Crippen LogP contribution in [-0.2, 0) is 26.2 Å². The number of carbonyl (C=O) groups is 2. The minimum atomic E-state index is -3.55. The first-order chi connectivity index (χ1) is 18.5. The molecule has 0 unspecified atom stereocenters. The first kappa shape index (κ1) is 31.2. The van der Waals surface area contributed by atoms with Crippen LogP contribution in [0.4, 0.5) is 5.69 Å². The zero-order chi connectivity index (χ0) is 28.6. The molecule has 0 aromatic heterocycles. The molecule has 10 heteroatoms. The number of anilines is 1. The lowest BCUT2D eigenvalue weighted by Gasteiger charge is -2.33. The van der Waals surface area contributed by atoms with Crippen LogP contribution in [0.5, 0.6) is 0 Å². The standard InChI is InChI=1S/C29H39Cl2N3O4S/c1-4-26(29(36)32-24-12-6-5-7-13-24)33(20-22-16-17-23(30)19-25(22)31)28(35)15-10-18-34(39(3,37)38)27-14-9-8-11-21(27)2/h8-9,11,14,16-17,19,24,26H,4-7,10,12-13,15,18,20H2,1-3H3,(H,32,36)/t26-/m0/s1. The molecule has 7 nitrogen and oxygen atoms in total. The second kappa shape index (κ2) is 14.4. The van der Waals surface area contributed by atoms with E-state index in [0.29, 0.717) is 34.1 Å². The molecule has 0 spiro atoms. The number of hydrogen-bond acceptors (Lipinski definition) is 4. The van der Waals surface area contributed by atoms with Crippen LogP contribution in [-0.4, -0.2) is 50.0 Å². The van der Waals surface area contributed by atoms with Gasteiger partial charge in [0, 0.05) is 35.6 Å². The second-order valence-electron chi connectivity index (χ2n) is 10.3. The molecule has 0 saturated heterocycles. The normalized spacial score (nSPS) is 15.0. The largest absolute Gasteiger partial charge is 0.352 e. The Morgan fingerprint density at radius 3 is 2.38 bits per heavy atom. The summed E-state index contributed by atoms with van der Waals surface area (Å²) in [4.78, 5) is 28.6. The zero-order valence-electron chi connectivity index (χ0n) is 23.0. The van der Waals surface area contributed by atoms with Gasteiger partial charge in [0.15, 0.2) is 0 Å². The first-order valence-corrected chi connectivity index (χ1v) is 16.2. The topological polar surface area (TPSA) is 86.8 Å². The van der Waals surface area contributed by atoms with Crippen molar-refractivity contribution in [2.75, 3.05) is 17.1 Å². The van der Waals surface area contributed by atoms with Crippen molar-refractivity contribution in [3.05, 3.63) is 63.6 Å². The lowest BCUT2D eigenvalue weighted by atomic mass is 9.95. The van der Waals surface area contributed by atoms with Crippen molar-refractivity contribution in [2.45, 2.75) is 83.8 Å². The molecule has 0 aliphatic heterocycles. The van der Waals surface area contributed by atoms with Crippen LogP contribution in [0.15, 0.2) is 42.5 Å². The number of para-hydroxylation sites is 1. The van der Waals surface area contributed by atoms with Crippen molar-refractivity contribution in [1.82, 2.24) is 10.2 Å². The Balaban J connectivity index is 1.79. The molecule has 0 bridgehead atoms. The smallest absolute Gasteiger partial charge is 0.243 e. The molecule has 2 aromatic carbocycles. The van der Waals surface area contributed by atoms with E-state index in [-0.39, 0.29) is 37.4 Å². The van der Waals surface area contributed by atoms with Crippen molar-refractivity contribution >= 4 is 50.7 Å². The van der Waals surface area contributed by atoms with Gasteiger partial charge in [-0.15, -0.1) is 0 Å². The molecular weight excluding hydrogens is 557 g/mol. The van der Waals surface area contributed by atoms with E-state index in [4.69, 9.17) is 23.2 Å². The maximum absolute atomic E-state index is 13.7. The van der Waals surface area contributed by atoms with Crippen molar-refractivity contribution in [1.29, 1.82) is 0 Å². The van der Waals surface area contributed by atoms with E-state index in [1.54, 1.807) is 35.2 Å². The number of nitrogens with one attached hydrogen (secondary N) is 1. The summed E-state index contributed by atoms with van der Waals surface area (Å²) in [5, 5.41) is 4.07. The summed E-state index contributed by atoms with van der Waals surface area (Å²) in [5.41, 5.74) is 2.12. The van der Waals surface area contributed by atoms with Crippen LogP contribution < -0.4 is 9.62 Å². The highest BCUT2D eigenvalue weighted by atomic mass is 35.5. The lowest BCUT2D eigenvalue weighted by Crippen LogP contribution is -2.51. The van der Waals surface area contributed by atoms with Gasteiger partial charge in [0.05, 0.1) is 11.9 Å². The molecule has 214 valence electrons. The number of halogens is 2. The molecule has 0 heterocycles. The Morgan fingerprint density at radius 2 is 1.77 bits per heavy atom. The third-order valence-electron chi connectivity index (χ3n) is 7.23. The van der Waals surface area contributed by atoms with E-state index in [0.717, 1.165) is 31.2 Å². The van der Waals surface area contributed by atoms with Crippen LogP contribution in [0, 0.1) is 6.92 Å². The third-order valence-corrected chi connectivity index (χ3v) is 9.00. The average Bonchev–Trinajstić information content (AvgIpc) is 2.88. The molecular formula is C29H39Cl2N3O4S. The lowest BCUT2D eigenvalue weighted by molar-refractivity contribution is -0.141. The van der Waals surface area contributed by atoms with Crippen LogP contribution >= 0.6 is 23.2 Å². The monoisotopic (exact) mass is 595 g/mol. The summed E-state index contributed by atoms with van der Waals surface area (Å²) in [6, 6.07) is 11.8. The number of benzene rings is 2. The highest BCUT2D eigenvalue weighted by molar-refractivity contribution is 7.92. The molecule has 39 heavy (non-hydrogen) atoms. The van der Waals surface area contributed by atoms with E-state index < -0.39 is 16.1 Å². The van der Waals surface area contributed by atoms with Crippen molar-refractivity contribution in [3.8, 4) is 0 Å². The molecule has 0 radical (unpaired) electrons. The summed E-state index contributed by atoms with van der Waals surface area (Å²) in [6.07, 6.45) is 7.22. The van der Waals surface area contributed by atoms with Gasteiger partial charge in [-0.25, -0.2) is 8.42 Å². The minimum Gasteiger partial charge on any atom is -0.352 e. The van der Waals surface area contributed by atoms with Gasteiger partial charge in [-0.2, -0.15) is 0 Å². The van der Waals surface area contributed by atoms with Gasteiger partial charge < -0.3 is 10.2 Å². The predicted molar refractivity (Wildman–Crippen MR) is 159 cm³/mol. The van der Waals surface area contributed by atoms with Gasteiger partial charge in [0.2, 0.25) is 21.8 Å². The summed E-state index contributed by atoms with van der Waals surface area (Å²) in [6.45, 7) is 4.04. The molecule has 2 amide bonds. The molecule has 1 atom stereocenters. The average molecular weight is 597 g/mol. The molecule has 1 N–H and O–H groups in total. The summed E-state index contributed by atoms with van der Waals surface area (Å²) >= 11 is 12.5. The molecule has 1 saturated carbocycles. The SMILES string of the molecule is CC[C@@H](C(=O)NC1CCCCC1)N(Cc1ccc(Cl)cc1Cl)C(=O)CCCN(c1ccccc1C)S(C)(=O)=O. The van der Waals surface area contributed by atoms with E-state index in [1.807, 2.05) is 26.0 Å². The van der Waals surface area contributed by atoms with E-state index in [2.05, 4.69) is 5.32 Å². The maximum atomic E-state index is 13.7. The second-order valence-corrected chi connectivity index (χ2v) is 13.0. The fraction of sp³-hybridized carbons (Fsp3) is 0.517. The highest BCUT2D eigenvalue weighted by Gasteiger charge is 2.31. The number of sulfonamides is 1. The fourth-order valence-corrected chi connectivity index (χ4v) is 6.61. The van der Waals surface area contributed by atoms with Gasteiger partial charge in [-0.3, -0.25) is 13.9 Å². The third kappa shape index (κ3) is 8.85. The Hall–Kier alpha value is -2.29. The first-order valence-electron chi connectivity index (χ1n) is 13.6. The predicted octanol–water partition coefficient (Wildman–Crippen LogP) is 6.10. The van der Waals surface area contributed by atoms with Crippen LogP contribution in [0.1, 0.15) is 69.4 Å². The van der Waals surface area contributed by atoms with Crippen molar-refractivity contribution in [2.24, 2.45) is 0 Å². The van der Waals surface area contributed by atoms with Crippen LogP contribution in [0.25, 0.3) is 0 Å². The number of nitrogens with zero attached hydrogens (tertiary/aromatic N) is 2. The number of rotatable bonds is 12. The number of carbonyl (C=O) groups excluding carboxylic acids is 2. The molecule has 2 aromatic rings. The van der Waals surface area contributed by atoms with Crippen molar-refractivity contribution in [3.63, 3.8) is 0 Å². The Morgan fingerprint density at radius 1 is 1.08 bits per heavy atom. The zero-order valence-corrected chi connectivity index (χ0v) is 25.3. The van der Waals surface area contributed by atoms with E-state index >= 15 is 0 Å². The van der Waals surface area contributed by atoms with E-state index in [1.165, 1.54) is 17.0 Å². The Bertz CT molecular complexity index is 1250. The summed E-state index contributed by atoms with van der Waals surface area (Å²) in [7, 11) is -3.55. The van der Waals surface area contributed by atoms with Crippen LogP contribution in [0.2, 0.25) is 10.0 Å². The number of hydrogen-bond donors (Lipinski definition) is 1. The van der Waals surface area contributed by atoms with Gasteiger partial charge >= 0.3 is 0 Å². The Labute approximate surface area is 242 Å². The van der Waals surface area contributed by atoms with Crippen molar-refractivity contribution < 1.29 is 18.0 Å². The van der Waals surface area contributed by atoms with Gasteiger partial charge in [-0.05, 0) is 61.9 Å². The summed E-state index contributed by atoms with van der Waals surface area (Å²) in [5.74, 6) is -0.398. The molecule has 1 aliphatic carbocycles. The molecule has 3 rings (SSSR count). The molecule has 1 aliphatic rings.